The predicted molar refractivity (Wildman–Crippen MR) is 91.0 cm³/mol. The smallest absolute Gasteiger partial charge is 0.244 e. The molecule has 0 aliphatic carbocycles. The Balaban J connectivity index is 2.86. The van der Waals surface area contributed by atoms with Crippen molar-refractivity contribution in [3.05, 3.63) is 35.9 Å². The van der Waals surface area contributed by atoms with Crippen molar-refractivity contribution in [2.24, 2.45) is 5.41 Å². The lowest BCUT2D eigenvalue weighted by molar-refractivity contribution is -0.125. The molecule has 0 aromatic rings. The van der Waals surface area contributed by atoms with Crippen molar-refractivity contribution in [2.75, 3.05) is 0 Å². The standard InChI is InChI=1S/C18H30N2O2/c1-8-13(2)20-18(6,7)16(21)19-14-10-9-11-22-15(12-14)17(3,4)5/h9-13,20H,8H2,1-7H3,(H,19,21). The molecule has 0 fully saturated rings. The first-order chi connectivity index (χ1) is 10.1. The summed E-state index contributed by atoms with van der Waals surface area (Å²) in [6.07, 6.45) is 8.13. The number of nitrogens with one attached hydrogen (secondary N) is 2. The fourth-order valence-electron chi connectivity index (χ4n) is 2.02. The third-order valence-corrected chi connectivity index (χ3v) is 3.62. The number of hydrogen-bond donors (Lipinski definition) is 2. The molecule has 1 amide bonds. The quantitative estimate of drug-likeness (QED) is 0.815. The minimum atomic E-state index is -0.636. The molecule has 4 heteroatoms. The van der Waals surface area contributed by atoms with Gasteiger partial charge in [-0.3, -0.25) is 4.79 Å². The summed E-state index contributed by atoms with van der Waals surface area (Å²) in [7, 11) is 0. The van der Waals surface area contributed by atoms with E-state index in [0.29, 0.717) is 0 Å². The van der Waals surface area contributed by atoms with E-state index in [-0.39, 0.29) is 17.4 Å². The van der Waals surface area contributed by atoms with Gasteiger partial charge in [-0.2, -0.15) is 0 Å². The minimum absolute atomic E-state index is 0.0566. The second-order valence-corrected chi connectivity index (χ2v) is 7.36. The molecule has 2 N–H and O–H groups in total. The molecule has 1 rings (SSSR count). The number of carbonyl (C=O) groups is 1. The van der Waals surface area contributed by atoms with E-state index >= 15 is 0 Å². The summed E-state index contributed by atoms with van der Waals surface area (Å²) in [6.45, 7) is 14.2. The predicted octanol–water partition coefficient (Wildman–Crippen LogP) is 3.63. The van der Waals surface area contributed by atoms with E-state index in [0.717, 1.165) is 17.9 Å². The highest BCUT2D eigenvalue weighted by molar-refractivity contribution is 5.87. The van der Waals surface area contributed by atoms with Gasteiger partial charge in [-0.25, -0.2) is 0 Å². The number of allylic oxidation sites excluding steroid dienone is 4. The van der Waals surface area contributed by atoms with Crippen LogP contribution in [0, 0.1) is 5.41 Å². The van der Waals surface area contributed by atoms with Gasteiger partial charge in [-0.1, -0.05) is 27.7 Å². The molecule has 22 heavy (non-hydrogen) atoms. The highest BCUT2D eigenvalue weighted by Crippen LogP contribution is 2.28. The Kier molecular flexibility index (Phi) is 6.00. The molecule has 0 spiro atoms. The van der Waals surface area contributed by atoms with Gasteiger partial charge >= 0.3 is 0 Å². The van der Waals surface area contributed by atoms with Crippen LogP contribution in [0.1, 0.15) is 54.9 Å². The molecule has 1 aliphatic heterocycles. The van der Waals surface area contributed by atoms with Crippen molar-refractivity contribution >= 4 is 5.91 Å². The largest absolute Gasteiger partial charge is 0.469 e. The molecule has 0 saturated carbocycles. The number of amides is 1. The van der Waals surface area contributed by atoms with Crippen molar-refractivity contribution in [3.63, 3.8) is 0 Å². The van der Waals surface area contributed by atoms with Crippen LogP contribution in [0.25, 0.3) is 0 Å². The Bertz CT molecular complexity index is 494. The number of ether oxygens (including phenoxy) is 1. The van der Waals surface area contributed by atoms with Gasteiger partial charge in [0.15, 0.2) is 0 Å². The van der Waals surface area contributed by atoms with Gasteiger partial charge < -0.3 is 15.4 Å². The van der Waals surface area contributed by atoms with Gasteiger partial charge in [-0.15, -0.1) is 0 Å². The second-order valence-electron chi connectivity index (χ2n) is 7.36. The minimum Gasteiger partial charge on any atom is -0.469 e. The van der Waals surface area contributed by atoms with E-state index in [1.807, 2.05) is 26.0 Å². The molecule has 1 unspecified atom stereocenters. The average molecular weight is 306 g/mol. The van der Waals surface area contributed by atoms with Crippen LogP contribution >= 0.6 is 0 Å². The van der Waals surface area contributed by atoms with Crippen LogP contribution < -0.4 is 10.6 Å². The van der Waals surface area contributed by atoms with Crippen LogP contribution in [-0.4, -0.2) is 17.5 Å². The Hall–Kier alpha value is -1.55. The molecular weight excluding hydrogens is 276 g/mol. The van der Waals surface area contributed by atoms with E-state index in [4.69, 9.17) is 4.74 Å². The van der Waals surface area contributed by atoms with Gasteiger partial charge in [0.25, 0.3) is 0 Å². The molecule has 1 atom stereocenters. The Morgan fingerprint density at radius 2 is 1.91 bits per heavy atom. The molecule has 1 aliphatic rings. The summed E-state index contributed by atoms with van der Waals surface area (Å²) in [4.78, 5) is 12.5. The number of carbonyl (C=O) groups excluding carboxylic acids is 1. The van der Waals surface area contributed by atoms with E-state index in [1.54, 1.807) is 12.3 Å². The summed E-state index contributed by atoms with van der Waals surface area (Å²) in [5, 5.41) is 6.33. The van der Waals surface area contributed by atoms with Crippen LogP contribution in [0.3, 0.4) is 0 Å². The Labute approximate surface area is 134 Å². The topological polar surface area (TPSA) is 50.4 Å². The van der Waals surface area contributed by atoms with Crippen LogP contribution in [0.2, 0.25) is 0 Å². The van der Waals surface area contributed by atoms with Gasteiger partial charge in [0, 0.05) is 23.2 Å². The molecule has 124 valence electrons. The van der Waals surface area contributed by atoms with Crippen molar-refractivity contribution in [1.82, 2.24) is 10.6 Å². The lowest BCUT2D eigenvalue weighted by Gasteiger charge is -2.29. The van der Waals surface area contributed by atoms with Crippen LogP contribution in [0.4, 0.5) is 0 Å². The SMILES string of the molecule is CCC(C)NC(C)(C)C(=O)NC1=CC=COC(C(C)(C)C)=C1. The normalized spacial score (nSPS) is 17.0. The lowest BCUT2D eigenvalue weighted by Crippen LogP contribution is -2.55. The van der Waals surface area contributed by atoms with Crippen LogP contribution in [0.5, 0.6) is 0 Å². The maximum Gasteiger partial charge on any atom is 0.244 e. The Morgan fingerprint density at radius 3 is 2.45 bits per heavy atom. The van der Waals surface area contributed by atoms with Crippen molar-refractivity contribution in [3.8, 4) is 0 Å². The van der Waals surface area contributed by atoms with Crippen LogP contribution in [0.15, 0.2) is 35.9 Å². The van der Waals surface area contributed by atoms with Gasteiger partial charge in [-0.05, 0) is 39.3 Å². The van der Waals surface area contributed by atoms with E-state index in [2.05, 4.69) is 45.3 Å². The number of rotatable bonds is 5. The summed E-state index contributed by atoms with van der Waals surface area (Å²) in [6, 6.07) is 0.285. The van der Waals surface area contributed by atoms with E-state index < -0.39 is 5.54 Å². The molecule has 0 bridgehead atoms. The number of hydrogen-bond acceptors (Lipinski definition) is 3. The summed E-state index contributed by atoms with van der Waals surface area (Å²) < 4.78 is 5.61. The Morgan fingerprint density at radius 1 is 1.27 bits per heavy atom. The van der Waals surface area contributed by atoms with Gasteiger partial charge in [0.2, 0.25) is 5.91 Å². The van der Waals surface area contributed by atoms with E-state index in [9.17, 15) is 4.79 Å². The van der Waals surface area contributed by atoms with Gasteiger partial charge in [0.05, 0.1) is 11.8 Å². The highest BCUT2D eigenvalue weighted by Gasteiger charge is 2.29. The summed E-state index contributed by atoms with van der Waals surface area (Å²) in [5.41, 5.74) is -0.0195. The molecule has 1 heterocycles. The first-order valence-corrected chi connectivity index (χ1v) is 7.91. The fourth-order valence-corrected chi connectivity index (χ4v) is 2.02. The summed E-state index contributed by atoms with van der Waals surface area (Å²) >= 11 is 0. The second kappa shape index (κ2) is 7.14. The molecule has 4 nitrogen and oxygen atoms in total. The first kappa shape index (κ1) is 18.5. The fraction of sp³-hybridized carbons (Fsp3) is 0.611. The third-order valence-electron chi connectivity index (χ3n) is 3.62. The maximum atomic E-state index is 12.5. The van der Waals surface area contributed by atoms with Crippen molar-refractivity contribution < 1.29 is 9.53 Å². The molecule has 0 radical (unpaired) electrons. The zero-order valence-corrected chi connectivity index (χ0v) is 14.9. The van der Waals surface area contributed by atoms with Gasteiger partial charge in [0.1, 0.15) is 5.76 Å². The van der Waals surface area contributed by atoms with Crippen LogP contribution in [-0.2, 0) is 9.53 Å². The third kappa shape index (κ3) is 5.34. The molecule has 0 saturated heterocycles. The van der Waals surface area contributed by atoms with Crippen molar-refractivity contribution in [1.29, 1.82) is 0 Å². The molecular formula is C18H30N2O2. The zero-order valence-electron chi connectivity index (χ0n) is 14.9. The zero-order chi connectivity index (χ0) is 17.0. The lowest BCUT2D eigenvalue weighted by atomic mass is 9.93. The van der Waals surface area contributed by atoms with E-state index in [1.165, 1.54) is 0 Å². The first-order valence-electron chi connectivity index (χ1n) is 7.91. The maximum absolute atomic E-state index is 12.5. The molecule has 0 aromatic heterocycles. The monoisotopic (exact) mass is 306 g/mol. The average Bonchev–Trinajstić information content (AvgIpc) is 2.63. The summed E-state index contributed by atoms with van der Waals surface area (Å²) in [5.74, 6) is 0.763. The molecule has 0 aromatic carbocycles. The highest BCUT2D eigenvalue weighted by atomic mass is 16.5. The van der Waals surface area contributed by atoms with Crippen molar-refractivity contribution in [2.45, 2.75) is 66.5 Å².